The largest absolute Gasteiger partial charge is 0.493 e. The monoisotopic (exact) mass is 428 g/mol. The Morgan fingerprint density at radius 1 is 1.03 bits per heavy atom. The number of benzene rings is 2. The van der Waals surface area contributed by atoms with Gasteiger partial charge in [-0.2, -0.15) is 5.10 Å². The summed E-state index contributed by atoms with van der Waals surface area (Å²) in [4.78, 5) is 34.1. The highest BCUT2D eigenvalue weighted by Crippen LogP contribution is 2.27. The van der Waals surface area contributed by atoms with Crippen LogP contribution < -0.4 is 20.2 Å². The number of nitro benzene ring substituents is 1. The van der Waals surface area contributed by atoms with Gasteiger partial charge in [-0.25, -0.2) is 5.43 Å². The SMILES string of the molecule is COc1ccc(CCNC(=O)CC(=O)N/N=C(/C)c2ccc([N+](=O)[O-])cc2)cc1OC. The standard InChI is InChI=1S/C21H24N4O6/c1-14(16-5-7-17(8-6-16)25(28)29)23-24-21(27)13-20(26)22-11-10-15-4-9-18(30-2)19(12-15)31-3/h4-9,12H,10-11,13H2,1-3H3,(H,22,26)(H,24,27)/b23-14-. The van der Waals surface area contributed by atoms with E-state index in [1.807, 2.05) is 12.1 Å². The van der Waals surface area contributed by atoms with E-state index in [0.29, 0.717) is 35.7 Å². The highest BCUT2D eigenvalue weighted by atomic mass is 16.6. The molecule has 0 fully saturated rings. The second-order valence-electron chi connectivity index (χ2n) is 6.50. The van der Waals surface area contributed by atoms with Gasteiger partial charge in [0.25, 0.3) is 5.69 Å². The molecule has 2 N–H and O–H groups in total. The lowest BCUT2D eigenvalue weighted by atomic mass is 10.1. The Kier molecular flexibility index (Phi) is 8.50. The first-order valence-corrected chi connectivity index (χ1v) is 9.39. The molecule has 0 aromatic heterocycles. The van der Waals surface area contributed by atoms with Gasteiger partial charge in [0.05, 0.1) is 24.9 Å². The molecule has 31 heavy (non-hydrogen) atoms. The average Bonchev–Trinajstić information content (AvgIpc) is 2.77. The van der Waals surface area contributed by atoms with Crippen molar-refractivity contribution < 1.29 is 24.0 Å². The lowest BCUT2D eigenvalue weighted by molar-refractivity contribution is -0.384. The van der Waals surface area contributed by atoms with Crippen LogP contribution in [0.15, 0.2) is 47.6 Å². The Hall–Kier alpha value is -3.95. The van der Waals surface area contributed by atoms with Crippen molar-refractivity contribution in [2.45, 2.75) is 19.8 Å². The number of nitrogens with zero attached hydrogens (tertiary/aromatic N) is 2. The molecule has 2 amide bonds. The molecule has 0 aliphatic carbocycles. The molecule has 0 saturated heterocycles. The number of carbonyl (C=O) groups is 2. The number of ether oxygens (including phenoxy) is 2. The Morgan fingerprint density at radius 2 is 1.71 bits per heavy atom. The van der Waals surface area contributed by atoms with Crippen molar-refractivity contribution in [1.82, 2.24) is 10.7 Å². The minimum absolute atomic E-state index is 0.0367. The molecule has 0 aliphatic heterocycles. The van der Waals surface area contributed by atoms with Crippen molar-refractivity contribution in [1.29, 1.82) is 0 Å². The molecular formula is C21H24N4O6. The second kappa shape index (κ2) is 11.3. The van der Waals surface area contributed by atoms with Crippen molar-refractivity contribution in [3.8, 4) is 11.5 Å². The molecule has 164 valence electrons. The highest BCUT2D eigenvalue weighted by Gasteiger charge is 2.10. The number of nitrogens with one attached hydrogen (secondary N) is 2. The van der Waals surface area contributed by atoms with Crippen LogP contribution in [-0.2, 0) is 16.0 Å². The normalized spacial score (nSPS) is 10.9. The summed E-state index contributed by atoms with van der Waals surface area (Å²) in [5, 5.41) is 17.3. The van der Waals surface area contributed by atoms with E-state index < -0.39 is 16.7 Å². The van der Waals surface area contributed by atoms with E-state index in [0.717, 1.165) is 5.56 Å². The number of hydrazone groups is 1. The smallest absolute Gasteiger partial charge is 0.269 e. The molecule has 0 spiro atoms. The van der Waals surface area contributed by atoms with Gasteiger partial charge >= 0.3 is 0 Å². The number of hydrogen-bond donors (Lipinski definition) is 2. The van der Waals surface area contributed by atoms with Crippen LogP contribution in [0.25, 0.3) is 0 Å². The summed E-state index contributed by atoms with van der Waals surface area (Å²) < 4.78 is 10.4. The third kappa shape index (κ3) is 7.11. The molecule has 0 bridgehead atoms. The maximum atomic E-state index is 12.0. The molecule has 0 aliphatic rings. The molecule has 10 nitrogen and oxygen atoms in total. The minimum Gasteiger partial charge on any atom is -0.493 e. The maximum Gasteiger partial charge on any atom is 0.269 e. The maximum absolute atomic E-state index is 12.0. The lowest BCUT2D eigenvalue weighted by Gasteiger charge is -2.10. The summed E-state index contributed by atoms with van der Waals surface area (Å²) >= 11 is 0. The van der Waals surface area contributed by atoms with Crippen LogP contribution in [0.4, 0.5) is 5.69 Å². The predicted molar refractivity (Wildman–Crippen MR) is 114 cm³/mol. The van der Waals surface area contributed by atoms with E-state index in [1.165, 1.54) is 24.3 Å². The van der Waals surface area contributed by atoms with Gasteiger partial charge in [-0.3, -0.25) is 19.7 Å². The van der Waals surface area contributed by atoms with Crippen LogP contribution in [0.5, 0.6) is 11.5 Å². The Morgan fingerprint density at radius 3 is 2.32 bits per heavy atom. The lowest BCUT2D eigenvalue weighted by Crippen LogP contribution is -2.31. The summed E-state index contributed by atoms with van der Waals surface area (Å²) in [6.45, 7) is 2.00. The van der Waals surface area contributed by atoms with Gasteiger partial charge < -0.3 is 14.8 Å². The Bertz CT molecular complexity index is 972. The summed E-state index contributed by atoms with van der Waals surface area (Å²) in [5.41, 5.74) is 4.29. The van der Waals surface area contributed by atoms with E-state index in [-0.39, 0.29) is 12.1 Å². The number of rotatable bonds is 10. The van der Waals surface area contributed by atoms with Crippen LogP contribution in [-0.4, -0.2) is 43.2 Å². The number of carbonyl (C=O) groups excluding carboxylic acids is 2. The third-order valence-electron chi connectivity index (χ3n) is 4.35. The quantitative estimate of drug-likeness (QED) is 0.258. The van der Waals surface area contributed by atoms with E-state index in [9.17, 15) is 19.7 Å². The highest BCUT2D eigenvalue weighted by molar-refractivity contribution is 6.01. The zero-order valence-corrected chi connectivity index (χ0v) is 17.5. The zero-order valence-electron chi connectivity index (χ0n) is 17.5. The van der Waals surface area contributed by atoms with Crippen LogP contribution in [0, 0.1) is 10.1 Å². The molecule has 10 heteroatoms. The van der Waals surface area contributed by atoms with E-state index >= 15 is 0 Å². The van der Waals surface area contributed by atoms with Gasteiger partial charge in [0, 0.05) is 18.7 Å². The fourth-order valence-electron chi connectivity index (χ4n) is 2.67. The van der Waals surface area contributed by atoms with Crippen molar-refractivity contribution in [3.05, 3.63) is 63.7 Å². The van der Waals surface area contributed by atoms with Crippen LogP contribution in [0.2, 0.25) is 0 Å². The van der Waals surface area contributed by atoms with Gasteiger partial charge in [-0.15, -0.1) is 0 Å². The number of nitro groups is 1. The molecule has 0 atom stereocenters. The number of methoxy groups -OCH3 is 2. The molecular weight excluding hydrogens is 404 g/mol. The van der Waals surface area contributed by atoms with Gasteiger partial charge in [0.1, 0.15) is 6.42 Å². The van der Waals surface area contributed by atoms with E-state index in [1.54, 1.807) is 27.2 Å². The van der Waals surface area contributed by atoms with Gasteiger partial charge in [0.15, 0.2) is 11.5 Å². The summed E-state index contributed by atoms with van der Waals surface area (Å²) in [6.07, 6.45) is 0.189. The van der Waals surface area contributed by atoms with E-state index in [4.69, 9.17) is 9.47 Å². The Labute approximate surface area is 179 Å². The molecule has 2 aromatic rings. The number of amides is 2. The molecule has 0 radical (unpaired) electrons. The summed E-state index contributed by atoms with van der Waals surface area (Å²) in [7, 11) is 3.11. The summed E-state index contributed by atoms with van der Waals surface area (Å²) in [5.74, 6) is 0.231. The topological polar surface area (TPSA) is 132 Å². The molecule has 0 heterocycles. The molecule has 2 aromatic carbocycles. The average molecular weight is 428 g/mol. The predicted octanol–water partition coefficient (Wildman–Crippen LogP) is 2.20. The number of hydrogen-bond acceptors (Lipinski definition) is 7. The fraction of sp³-hybridized carbons (Fsp3) is 0.286. The zero-order chi connectivity index (χ0) is 22.8. The first kappa shape index (κ1) is 23.3. The fourth-order valence-corrected chi connectivity index (χ4v) is 2.67. The molecule has 2 rings (SSSR count). The van der Waals surface area contributed by atoms with Crippen LogP contribution >= 0.6 is 0 Å². The first-order chi connectivity index (χ1) is 14.8. The van der Waals surface area contributed by atoms with E-state index in [2.05, 4.69) is 15.8 Å². The number of non-ortho nitro benzene ring substituents is 1. The van der Waals surface area contributed by atoms with Crippen LogP contribution in [0.1, 0.15) is 24.5 Å². The van der Waals surface area contributed by atoms with Gasteiger partial charge in [0.2, 0.25) is 11.8 Å². The molecule has 0 saturated carbocycles. The van der Waals surface area contributed by atoms with Gasteiger partial charge in [-0.05, 0) is 48.7 Å². The van der Waals surface area contributed by atoms with Crippen LogP contribution in [0.3, 0.4) is 0 Å². The molecule has 0 unspecified atom stereocenters. The first-order valence-electron chi connectivity index (χ1n) is 9.39. The van der Waals surface area contributed by atoms with Crippen molar-refractivity contribution in [2.24, 2.45) is 5.10 Å². The van der Waals surface area contributed by atoms with Crippen molar-refractivity contribution in [3.63, 3.8) is 0 Å². The third-order valence-corrected chi connectivity index (χ3v) is 4.35. The second-order valence-corrected chi connectivity index (χ2v) is 6.50. The van der Waals surface area contributed by atoms with Crippen molar-refractivity contribution >= 4 is 23.2 Å². The summed E-state index contributed by atoms with van der Waals surface area (Å²) in [6, 6.07) is 11.2. The van der Waals surface area contributed by atoms with Crippen molar-refractivity contribution in [2.75, 3.05) is 20.8 Å². The Balaban J connectivity index is 1.78. The van der Waals surface area contributed by atoms with Gasteiger partial charge in [-0.1, -0.05) is 6.07 Å². The minimum atomic E-state index is -0.565.